The maximum Gasteiger partial charge on any atom is 0.329 e. The summed E-state index contributed by atoms with van der Waals surface area (Å²) in [6.45, 7) is 9.41. The van der Waals surface area contributed by atoms with Crippen molar-refractivity contribution in [2.75, 3.05) is 69.1 Å². The van der Waals surface area contributed by atoms with Crippen molar-refractivity contribution in [3.05, 3.63) is 106 Å². The van der Waals surface area contributed by atoms with Crippen LogP contribution in [0.25, 0.3) is 21.8 Å². The summed E-state index contributed by atoms with van der Waals surface area (Å²) in [4.78, 5) is 71.8. The van der Waals surface area contributed by atoms with Gasteiger partial charge in [0.1, 0.15) is 12.2 Å². The minimum atomic E-state index is -0.972. The lowest BCUT2D eigenvalue weighted by molar-refractivity contribution is -0.138. The van der Waals surface area contributed by atoms with Crippen LogP contribution >= 0.6 is 0 Å². The van der Waals surface area contributed by atoms with E-state index in [1.54, 1.807) is 11.6 Å². The van der Waals surface area contributed by atoms with Crippen molar-refractivity contribution in [3.63, 3.8) is 0 Å². The second-order valence-electron chi connectivity index (χ2n) is 20.2. The number of nitrogens with zero attached hydrogens (tertiary/aromatic N) is 5. The Balaban J connectivity index is 0.668. The number of imidazole rings is 1. The van der Waals surface area contributed by atoms with Crippen LogP contribution in [0, 0.1) is 36.5 Å². The summed E-state index contributed by atoms with van der Waals surface area (Å²) in [7, 11) is 1.71. The maximum absolute atomic E-state index is 14.2. The number of alkyl halides is 1. The molecule has 15 heteroatoms. The van der Waals surface area contributed by atoms with Gasteiger partial charge < -0.3 is 30.7 Å². The zero-order valence-electron chi connectivity index (χ0n) is 40.3. The number of rotatable bonds is 10. The van der Waals surface area contributed by atoms with Crippen LogP contribution in [0.2, 0.25) is 0 Å². The molecule has 5 aliphatic rings. The number of nitrogens with one attached hydrogen (secondary N) is 4. The third-order valence-corrected chi connectivity index (χ3v) is 15.7. The Morgan fingerprint density at radius 3 is 2.33 bits per heavy atom. The molecule has 4 N–H and O–H groups in total. The number of piperidine rings is 4. The predicted octanol–water partition coefficient (Wildman–Crippen LogP) is 5.65. The molecule has 366 valence electrons. The second kappa shape index (κ2) is 20.5. The van der Waals surface area contributed by atoms with Crippen LogP contribution < -0.4 is 31.9 Å². The van der Waals surface area contributed by atoms with Crippen molar-refractivity contribution in [1.82, 2.24) is 34.9 Å². The number of carbonyl (C=O) groups is 4. The average Bonchev–Trinajstić information content (AvgIpc) is 3.90. The van der Waals surface area contributed by atoms with Crippen molar-refractivity contribution < 1.29 is 23.6 Å². The number of halogens is 1. The number of hydrogen-bond acceptors (Lipinski definition) is 9. The molecule has 4 aromatic carbocycles. The van der Waals surface area contributed by atoms with Gasteiger partial charge in [-0.3, -0.25) is 33.6 Å². The van der Waals surface area contributed by atoms with E-state index in [0.29, 0.717) is 49.0 Å². The second-order valence-corrected chi connectivity index (χ2v) is 20.2. The summed E-state index contributed by atoms with van der Waals surface area (Å²) in [6, 6.07) is 22.8. The number of fused-ring (bicyclic) bond motifs is 2. The Bertz CT molecular complexity index is 2930. The molecule has 0 radical (unpaired) electrons. The first kappa shape index (κ1) is 47.2. The maximum atomic E-state index is 14.2. The molecule has 5 saturated heterocycles. The number of aromatic nitrogens is 2. The Kier molecular flexibility index (Phi) is 13.8. The highest BCUT2D eigenvalue weighted by molar-refractivity contribution is 6.00. The van der Waals surface area contributed by atoms with Crippen LogP contribution in [0.4, 0.5) is 15.8 Å². The highest BCUT2D eigenvalue weighted by Gasteiger charge is 2.34. The number of imide groups is 1. The van der Waals surface area contributed by atoms with Gasteiger partial charge in [-0.1, -0.05) is 48.2 Å². The number of amides is 4. The van der Waals surface area contributed by atoms with E-state index in [1.807, 2.05) is 55.5 Å². The average molecular weight is 950 g/mol. The molecule has 0 spiro atoms. The molecule has 6 heterocycles. The molecule has 0 saturated carbocycles. The lowest BCUT2D eigenvalue weighted by Crippen LogP contribution is -2.47. The molecule has 0 aliphatic carbocycles. The van der Waals surface area contributed by atoms with E-state index in [0.717, 1.165) is 129 Å². The van der Waals surface area contributed by atoms with Crippen LogP contribution in [0.1, 0.15) is 84.5 Å². The first-order valence-corrected chi connectivity index (χ1v) is 25.3. The van der Waals surface area contributed by atoms with Gasteiger partial charge >= 0.3 is 5.69 Å². The molecule has 0 bridgehead atoms. The van der Waals surface area contributed by atoms with Crippen molar-refractivity contribution in [2.45, 2.75) is 83.1 Å². The Labute approximate surface area is 408 Å². The molecule has 4 amide bonds. The molecule has 10 rings (SSSR count). The largest absolute Gasteiger partial charge is 0.378 e. The third kappa shape index (κ3) is 9.94. The Morgan fingerprint density at radius 2 is 1.59 bits per heavy atom. The first-order chi connectivity index (χ1) is 34.0. The van der Waals surface area contributed by atoms with Crippen molar-refractivity contribution >= 4 is 56.8 Å². The van der Waals surface area contributed by atoms with Gasteiger partial charge in [-0.25, -0.2) is 9.18 Å². The molecule has 5 aromatic rings. The Morgan fingerprint density at radius 1 is 0.814 bits per heavy atom. The van der Waals surface area contributed by atoms with Gasteiger partial charge in [0.2, 0.25) is 17.7 Å². The molecular weight excluding hydrogens is 886 g/mol. The molecule has 5 fully saturated rings. The van der Waals surface area contributed by atoms with Crippen molar-refractivity contribution in [3.8, 4) is 11.8 Å². The summed E-state index contributed by atoms with van der Waals surface area (Å²) >= 11 is 0. The molecule has 1 aromatic heterocycles. The molecule has 70 heavy (non-hydrogen) atoms. The highest BCUT2D eigenvalue weighted by atomic mass is 19.1. The van der Waals surface area contributed by atoms with E-state index < -0.39 is 18.1 Å². The highest BCUT2D eigenvalue weighted by Crippen LogP contribution is 2.32. The van der Waals surface area contributed by atoms with Crippen LogP contribution in [-0.2, 0) is 28.0 Å². The molecule has 3 atom stereocenters. The molecule has 14 nitrogen and oxygen atoms in total. The SMILES string of the molecule is Cc1ccc(NC2CNCC2F)cc1C(=O)NCc1ccc(C#CC2CCN(CC3CCN(C(=O)C4CCN(c5ccc6c(c5)n(C)c(=O)n6C5CCC(=O)NC5=O)CC4)CC3)CC2)c2ccccc12. The predicted molar refractivity (Wildman–Crippen MR) is 270 cm³/mol. The van der Waals surface area contributed by atoms with E-state index in [-0.39, 0.29) is 41.8 Å². The summed E-state index contributed by atoms with van der Waals surface area (Å²) < 4.78 is 17.3. The van der Waals surface area contributed by atoms with Gasteiger partial charge in [-0.05, 0) is 129 Å². The number of likely N-dealkylation sites (tertiary alicyclic amines) is 2. The summed E-state index contributed by atoms with van der Waals surface area (Å²) in [5.41, 5.74) is 6.30. The minimum absolute atomic E-state index is 0.00826. The summed E-state index contributed by atoms with van der Waals surface area (Å²) in [5.74, 6) is 7.42. The van der Waals surface area contributed by atoms with Gasteiger partial charge in [-0.2, -0.15) is 0 Å². The van der Waals surface area contributed by atoms with Crippen LogP contribution in [0.3, 0.4) is 0 Å². The summed E-state index contributed by atoms with van der Waals surface area (Å²) in [5, 5.41) is 13.9. The lowest BCUT2D eigenvalue weighted by atomic mass is 9.90. The lowest BCUT2D eigenvalue weighted by Gasteiger charge is -2.39. The van der Waals surface area contributed by atoms with Crippen LogP contribution in [-0.4, -0.2) is 114 Å². The van der Waals surface area contributed by atoms with Gasteiger partial charge in [0.15, 0.2) is 0 Å². The monoisotopic (exact) mass is 950 g/mol. The normalized spacial score (nSPS) is 22.0. The number of anilines is 2. The first-order valence-electron chi connectivity index (χ1n) is 25.3. The van der Waals surface area contributed by atoms with Gasteiger partial charge in [0.05, 0.1) is 17.1 Å². The third-order valence-electron chi connectivity index (χ3n) is 15.7. The van der Waals surface area contributed by atoms with E-state index in [4.69, 9.17) is 0 Å². The number of benzene rings is 4. The number of carbonyl (C=O) groups excluding carboxylic acids is 4. The number of aryl methyl sites for hydroxylation is 2. The van der Waals surface area contributed by atoms with Crippen LogP contribution in [0.15, 0.2) is 77.6 Å². The van der Waals surface area contributed by atoms with E-state index in [1.165, 1.54) is 4.57 Å². The van der Waals surface area contributed by atoms with Crippen molar-refractivity contribution in [2.24, 2.45) is 24.8 Å². The molecule has 5 aliphatic heterocycles. The fourth-order valence-corrected chi connectivity index (χ4v) is 11.4. The molecule has 3 unspecified atom stereocenters. The van der Waals surface area contributed by atoms with E-state index >= 15 is 0 Å². The van der Waals surface area contributed by atoms with E-state index in [2.05, 4.69) is 72.1 Å². The fourth-order valence-electron chi connectivity index (χ4n) is 11.4. The minimum Gasteiger partial charge on any atom is -0.378 e. The smallest absolute Gasteiger partial charge is 0.329 e. The quantitative estimate of drug-likeness (QED) is 0.103. The zero-order valence-corrected chi connectivity index (χ0v) is 40.3. The molecular formula is C55H64FN9O5. The summed E-state index contributed by atoms with van der Waals surface area (Å²) in [6.07, 6.45) is 5.22. The standard InChI is InChI=1S/C55H64FN9O5/c1-35-7-12-41(59-47-33-57-32-46(47)56)29-45(35)52(67)58-31-40-11-10-38(43-5-3-4-6-44(40)43)9-8-36-17-23-62(24-18-36)34-37-19-25-64(26-20-37)54(69)39-21-27-63(28-22-39)42-13-14-48-50(30-42)61(2)55(70)65(48)49-15-16-51(66)60-53(49)68/h3-7,10-14,29-30,36-37,39,46-47,49,57,59H,15-28,31-34H2,1-2H3,(H,58,67)(H,60,66,68). The van der Waals surface area contributed by atoms with Crippen molar-refractivity contribution in [1.29, 1.82) is 0 Å². The van der Waals surface area contributed by atoms with Gasteiger partial charge in [-0.15, -0.1) is 0 Å². The van der Waals surface area contributed by atoms with Gasteiger partial charge in [0.25, 0.3) is 5.91 Å². The van der Waals surface area contributed by atoms with Gasteiger partial charge in [0, 0.05) is 100 Å². The van der Waals surface area contributed by atoms with E-state index in [9.17, 15) is 28.4 Å². The van der Waals surface area contributed by atoms with Crippen LogP contribution in [0.5, 0.6) is 0 Å². The fraction of sp³-hybridized carbons (Fsp3) is 0.473. The zero-order chi connectivity index (χ0) is 48.5. The Hall–Kier alpha value is -6.50. The topological polar surface area (TPSA) is 153 Å². The number of hydrogen-bond donors (Lipinski definition) is 4.